The summed E-state index contributed by atoms with van der Waals surface area (Å²) < 4.78 is 18.2. The molecule has 0 radical (unpaired) electrons. The van der Waals surface area contributed by atoms with Crippen molar-refractivity contribution in [2.45, 2.75) is 12.8 Å². The number of benzene rings is 1. The van der Waals surface area contributed by atoms with Gasteiger partial charge in [-0.15, -0.1) is 0 Å². The van der Waals surface area contributed by atoms with Crippen molar-refractivity contribution in [1.82, 2.24) is 0 Å². The summed E-state index contributed by atoms with van der Waals surface area (Å²) in [6, 6.07) is 8.92. The van der Waals surface area contributed by atoms with E-state index in [-0.39, 0.29) is 29.2 Å². The SMILES string of the molecule is CC(=O)C1C(C(=O)c2ccc(F)cc2)C1c1ccco1. The van der Waals surface area contributed by atoms with Crippen LogP contribution in [0.15, 0.2) is 47.1 Å². The van der Waals surface area contributed by atoms with Gasteiger partial charge in [0.25, 0.3) is 0 Å². The average Bonchev–Trinajstić information content (AvgIpc) is 2.95. The Hall–Kier alpha value is -2.23. The third-order valence-corrected chi connectivity index (χ3v) is 3.79. The number of carbonyl (C=O) groups excluding carboxylic acids is 2. The molecule has 0 saturated heterocycles. The molecule has 3 unspecified atom stereocenters. The van der Waals surface area contributed by atoms with Crippen LogP contribution in [0.25, 0.3) is 0 Å². The Labute approximate surface area is 115 Å². The molecular weight excluding hydrogens is 259 g/mol. The largest absolute Gasteiger partial charge is 0.469 e. The Kier molecular flexibility index (Phi) is 3.01. The summed E-state index contributed by atoms with van der Waals surface area (Å²) >= 11 is 0. The van der Waals surface area contributed by atoms with Gasteiger partial charge in [0, 0.05) is 23.3 Å². The predicted molar refractivity (Wildman–Crippen MR) is 69.8 cm³/mol. The van der Waals surface area contributed by atoms with E-state index < -0.39 is 5.92 Å². The molecule has 0 amide bonds. The van der Waals surface area contributed by atoms with Crippen molar-refractivity contribution >= 4 is 11.6 Å². The highest BCUT2D eigenvalue weighted by Gasteiger charge is 2.59. The van der Waals surface area contributed by atoms with Gasteiger partial charge in [0.1, 0.15) is 17.4 Å². The Morgan fingerprint density at radius 2 is 1.80 bits per heavy atom. The van der Waals surface area contributed by atoms with Crippen LogP contribution < -0.4 is 0 Å². The minimum Gasteiger partial charge on any atom is -0.469 e. The van der Waals surface area contributed by atoms with Gasteiger partial charge < -0.3 is 4.42 Å². The highest BCUT2D eigenvalue weighted by atomic mass is 19.1. The van der Waals surface area contributed by atoms with Crippen molar-refractivity contribution in [2.75, 3.05) is 0 Å². The monoisotopic (exact) mass is 272 g/mol. The second kappa shape index (κ2) is 4.71. The summed E-state index contributed by atoms with van der Waals surface area (Å²) in [6.07, 6.45) is 1.53. The molecule has 1 aromatic carbocycles. The van der Waals surface area contributed by atoms with Crippen LogP contribution in [0.4, 0.5) is 4.39 Å². The molecule has 102 valence electrons. The maximum absolute atomic E-state index is 12.9. The molecule has 2 aromatic rings. The molecule has 1 aliphatic carbocycles. The molecule has 1 aliphatic rings. The number of ketones is 2. The minimum atomic E-state index is -0.399. The normalized spacial score (nSPS) is 24.4. The van der Waals surface area contributed by atoms with Gasteiger partial charge in [0.2, 0.25) is 0 Å². The van der Waals surface area contributed by atoms with E-state index in [1.165, 1.54) is 37.5 Å². The van der Waals surface area contributed by atoms with Crippen molar-refractivity contribution in [3.05, 3.63) is 59.8 Å². The first-order chi connectivity index (χ1) is 9.59. The fraction of sp³-hybridized carbons (Fsp3) is 0.250. The standard InChI is InChI=1S/C16H13FO3/c1-9(18)13-14(12-3-2-8-20-12)15(13)16(19)10-4-6-11(17)7-5-10/h2-8,13-15H,1H3. The summed E-state index contributed by atoms with van der Waals surface area (Å²) in [6.45, 7) is 1.48. The minimum absolute atomic E-state index is 0.0214. The number of rotatable bonds is 4. The van der Waals surface area contributed by atoms with E-state index >= 15 is 0 Å². The van der Waals surface area contributed by atoms with Crippen LogP contribution in [0.1, 0.15) is 29.0 Å². The molecule has 4 heteroatoms. The summed E-state index contributed by atoms with van der Waals surface area (Å²) in [5.74, 6) is -0.810. The van der Waals surface area contributed by atoms with Crippen LogP contribution >= 0.6 is 0 Å². The molecule has 1 heterocycles. The molecular formula is C16H13FO3. The first kappa shape index (κ1) is 12.8. The van der Waals surface area contributed by atoms with E-state index in [2.05, 4.69) is 0 Å². The van der Waals surface area contributed by atoms with Gasteiger partial charge in [-0.05, 0) is 43.3 Å². The Bertz CT molecular complexity index is 643. The molecule has 3 nitrogen and oxygen atoms in total. The van der Waals surface area contributed by atoms with Crippen LogP contribution in [-0.4, -0.2) is 11.6 Å². The first-order valence-electron chi connectivity index (χ1n) is 6.43. The summed E-state index contributed by atoms with van der Waals surface area (Å²) in [5, 5.41) is 0. The van der Waals surface area contributed by atoms with E-state index in [1.54, 1.807) is 12.1 Å². The van der Waals surface area contributed by atoms with Gasteiger partial charge in [-0.2, -0.15) is 0 Å². The Morgan fingerprint density at radius 3 is 2.35 bits per heavy atom. The molecule has 1 fully saturated rings. The van der Waals surface area contributed by atoms with Crippen molar-refractivity contribution in [1.29, 1.82) is 0 Å². The zero-order valence-electron chi connectivity index (χ0n) is 10.9. The lowest BCUT2D eigenvalue weighted by molar-refractivity contribution is -0.118. The van der Waals surface area contributed by atoms with Gasteiger partial charge >= 0.3 is 0 Å². The topological polar surface area (TPSA) is 47.3 Å². The van der Waals surface area contributed by atoms with Gasteiger partial charge in [0.15, 0.2) is 5.78 Å². The molecule has 3 atom stereocenters. The smallest absolute Gasteiger partial charge is 0.167 e. The summed E-state index contributed by atoms with van der Waals surface area (Å²) in [7, 11) is 0. The highest BCUT2D eigenvalue weighted by molar-refractivity contribution is 6.05. The van der Waals surface area contributed by atoms with E-state index in [9.17, 15) is 14.0 Å². The van der Waals surface area contributed by atoms with Gasteiger partial charge in [0.05, 0.1) is 6.26 Å². The molecule has 0 bridgehead atoms. The lowest BCUT2D eigenvalue weighted by Crippen LogP contribution is -2.06. The van der Waals surface area contributed by atoms with E-state index in [1.807, 2.05) is 0 Å². The molecule has 0 aliphatic heterocycles. The third-order valence-electron chi connectivity index (χ3n) is 3.79. The summed E-state index contributed by atoms with van der Waals surface area (Å²) in [5.41, 5.74) is 0.428. The van der Waals surface area contributed by atoms with Crippen LogP contribution in [0.2, 0.25) is 0 Å². The molecule has 1 aromatic heterocycles. The second-order valence-corrected chi connectivity index (χ2v) is 5.07. The van der Waals surface area contributed by atoms with Crippen molar-refractivity contribution in [3.8, 4) is 0 Å². The number of furan rings is 1. The van der Waals surface area contributed by atoms with Crippen molar-refractivity contribution in [2.24, 2.45) is 11.8 Å². The molecule has 1 saturated carbocycles. The number of hydrogen-bond donors (Lipinski definition) is 0. The number of halogens is 1. The quantitative estimate of drug-likeness (QED) is 0.803. The maximum Gasteiger partial charge on any atom is 0.167 e. The zero-order valence-corrected chi connectivity index (χ0v) is 10.9. The van der Waals surface area contributed by atoms with Crippen LogP contribution in [0.5, 0.6) is 0 Å². The van der Waals surface area contributed by atoms with Crippen LogP contribution in [-0.2, 0) is 4.79 Å². The van der Waals surface area contributed by atoms with E-state index in [0.29, 0.717) is 11.3 Å². The summed E-state index contributed by atoms with van der Waals surface area (Å²) in [4.78, 5) is 24.1. The van der Waals surface area contributed by atoms with Crippen LogP contribution in [0.3, 0.4) is 0 Å². The fourth-order valence-corrected chi connectivity index (χ4v) is 2.78. The molecule has 0 spiro atoms. The van der Waals surface area contributed by atoms with E-state index in [4.69, 9.17) is 4.42 Å². The van der Waals surface area contributed by atoms with Gasteiger partial charge in [-0.3, -0.25) is 9.59 Å². The number of hydrogen-bond acceptors (Lipinski definition) is 3. The van der Waals surface area contributed by atoms with Gasteiger partial charge in [-0.25, -0.2) is 4.39 Å². The lowest BCUT2D eigenvalue weighted by Gasteiger charge is -1.99. The van der Waals surface area contributed by atoms with Gasteiger partial charge in [-0.1, -0.05) is 0 Å². The molecule has 20 heavy (non-hydrogen) atoms. The highest BCUT2D eigenvalue weighted by Crippen LogP contribution is 2.55. The van der Waals surface area contributed by atoms with Crippen molar-refractivity contribution < 1.29 is 18.4 Å². The third kappa shape index (κ3) is 2.07. The second-order valence-electron chi connectivity index (χ2n) is 5.07. The average molecular weight is 272 g/mol. The van der Waals surface area contributed by atoms with E-state index in [0.717, 1.165) is 0 Å². The lowest BCUT2D eigenvalue weighted by atomic mass is 10.0. The Balaban J connectivity index is 1.87. The number of carbonyl (C=O) groups is 2. The Morgan fingerprint density at radius 1 is 1.10 bits per heavy atom. The maximum atomic E-state index is 12.9. The predicted octanol–water partition coefficient (Wildman–Crippen LogP) is 3.22. The fourth-order valence-electron chi connectivity index (χ4n) is 2.78. The molecule has 0 N–H and O–H groups in total. The molecule has 3 rings (SSSR count). The van der Waals surface area contributed by atoms with Crippen molar-refractivity contribution in [3.63, 3.8) is 0 Å². The number of Topliss-reactive ketones (excluding diaryl/α,β-unsaturated/α-hetero) is 2. The first-order valence-corrected chi connectivity index (χ1v) is 6.43. The zero-order chi connectivity index (χ0) is 14.3. The van der Waals surface area contributed by atoms with Crippen LogP contribution in [0, 0.1) is 17.7 Å².